The number of nitrogens with one attached hydrogen (secondary N) is 1. The van der Waals surface area contributed by atoms with E-state index in [0.29, 0.717) is 37.3 Å². The van der Waals surface area contributed by atoms with Crippen molar-refractivity contribution in [2.75, 3.05) is 13.2 Å². The Morgan fingerprint density at radius 3 is 2.59 bits per heavy atom. The van der Waals surface area contributed by atoms with Crippen LogP contribution in [0, 0.1) is 5.41 Å². The molecule has 0 spiro atoms. The monoisotopic (exact) mass is 299 g/mol. The van der Waals surface area contributed by atoms with Gasteiger partial charge in [0, 0.05) is 18.6 Å². The van der Waals surface area contributed by atoms with E-state index in [2.05, 4.69) is 0 Å². The third-order valence-corrected chi connectivity index (χ3v) is 3.33. The maximum absolute atomic E-state index is 12.0. The predicted molar refractivity (Wildman–Crippen MR) is 87.3 cm³/mol. The molecular formula is C18H21NO3. The van der Waals surface area contributed by atoms with Gasteiger partial charge in [0.15, 0.2) is 0 Å². The largest absolute Gasteiger partial charge is 0.494 e. The fourth-order valence-corrected chi connectivity index (χ4v) is 2.33. The summed E-state index contributed by atoms with van der Waals surface area (Å²) in [5.74, 6) is 0.509. The smallest absolute Gasteiger partial charge is 0.338 e. The average Bonchev–Trinajstić information content (AvgIpc) is 2.50. The van der Waals surface area contributed by atoms with Crippen LogP contribution in [-0.4, -0.2) is 24.9 Å². The van der Waals surface area contributed by atoms with Gasteiger partial charge < -0.3 is 14.9 Å². The van der Waals surface area contributed by atoms with E-state index in [-0.39, 0.29) is 5.97 Å². The number of hydrogen-bond donors (Lipinski definition) is 1. The fraction of sp³-hybridized carbons (Fsp3) is 0.333. The van der Waals surface area contributed by atoms with Crippen LogP contribution in [0.4, 0.5) is 0 Å². The lowest BCUT2D eigenvalue weighted by Gasteiger charge is -2.17. The van der Waals surface area contributed by atoms with Crippen LogP contribution in [0.15, 0.2) is 41.5 Å². The van der Waals surface area contributed by atoms with Gasteiger partial charge >= 0.3 is 5.97 Å². The van der Waals surface area contributed by atoms with Crippen LogP contribution in [0.2, 0.25) is 0 Å². The molecule has 0 unspecified atom stereocenters. The van der Waals surface area contributed by atoms with Crippen molar-refractivity contribution in [1.29, 1.82) is 5.41 Å². The molecule has 4 nitrogen and oxygen atoms in total. The first-order valence-electron chi connectivity index (χ1n) is 7.51. The Morgan fingerprint density at radius 1 is 1.23 bits per heavy atom. The van der Waals surface area contributed by atoms with Crippen LogP contribution >= 0.6 is 0 Å². The van der Waals surface area contributed by atoms with Crippen molar-refractivity contribution in [2.45, 2.75) is 26.7 Å². The maximum atomic E-state index is 12.0. The number of benzene rings is 1. The second-order valence-corrected chi connectivity index (χ2v) is 4.99. The number of carbonyl (C=O) groups is 1. The van der Waals surface area contributed by atoms with Gasteiger partial charge in [-0.25, -0.2) is 4.79 Å². The zero-order valence-corrected chi connectivity index (χ0v) is 13.0. The van der Waals surface area contributed by atoms with Crippen LogP contribution in [0.1, 0.15) is 32.3 Å². The van der Waals surface area contributed by atoms with Crippen LogP contribution < -0.4 is 4.74 Å². The van der Waals surface area contributed by atoms with E-state index in [9.17, 15) is 4.79 Å². The van der Waals surface area contributed by atoms with Crippen LogP contribution in [-0.2, 0) is 9.53 Å². The summed E-state index contributed by atoms with van der Waals surface area (Å²) in [7, 11) is 0. The fourth-order valence-electron chi connectivity index (χ4n) is 2.33. The Balaban J connectivity index is 2.25. The van der Waals surface area contributed by atoms with Crippen LogP contribution in [0.3, 0.4) is 0 Å². The van der Waals surface area contributed by atoms with Gasteiger partial charge in [-0.05, 0) is 37.1 Å². The Labute approximate surface area is 130 Å². The molecule has 0 fully saturated rings. The summed E-state index contributed by atoms with van der Waals surface area (Å²) in [5.41, 5.74) is 2.99. The minimum Gasteiger partial charge on any atom is -0.494 e. The van der Waals surface area contributed by atoms with Crippen molar-refractivity contribution in [2.24, 2.45) is 0 Å². The van der Waals surface area contributed by atoms with Crippen molar-refractivity contribution in [3.05, 3.63) is 47.1 Å². The Morgan fingerprint density at radius 2 is 1.95 bits per heavy atom. The normalized spacial score (nSPS) is 16.4. The van der Waals surface area contributed by atoms with Crippen LogP contribution in [0.5, 0.6) is 5.75 Å². The van der Waals surface area contributed by atoms with Gasteiger partial charge in [0.25, 0.3) is 0 Å². The van der Waals surface area contributed by atoms with E-state index in [0.717, 1.165) is 16.9 Å². The van der Waals surface area contributed by atoms with E-state index in [4.69, 9.17) is 14.9 Å². The molecule has 1 aromatic carbocycles. The number of esters is 1. The molecule has 0 atom stereocenters. The Bertz CT molecular complexity index is 612. The first kappa shape index (κ1) is 16.0. The summed E-state index contributed by atoms with van der Waals surface area (Å²) in [5, 5.41) is 7.85. The quantitative estimate of drug-likeness (QED) is 0.842. The first-order chi connectivity index (χ1) is 10.6. The molecule has 1 aromatic rings. The lowest BCUT2D eigenvalue weighted by Crippen LogP contribution is -2.15. The molecule has 0 saturated carbocycles. The number of allylic oxidation sites excluding steroid dienone is 1. The second kappa shape index (κ2) is 7.59. The molecular weight excluding hydrogens is 278 g/mol. The number of rotatable bonds is 5. The molecule has 0 aromatic heterocycles. The van der Waals surface area contributed by atoms with E-state index < -0.39 is 0 Å². The zero-order valence-electron chi connectivity index (χ0n) is 13.0. The molecule has 1 aliphatic rings. The average molecular weight is 299 g/mol. The molecule has 0 saturated heterocycles. The number of ether oxygens (including phenoxy) is 2. The van der Waals surface area contributed by atoms with Crippen molar-refractivity contribution in [3.8, 4) is 5.75 Å². The van der Waals surface area contributed by atoms with Crippen molar-refractivity contribution in [3.63, 3.8) is 0 Å². The minimum atomic E-state index is -0.313. The van der Waals surface area contributed by atoms with E-state index in [1.165, 1.54) is 0 Å². The molecule has 116 valence electrons. The predicted octanol–water partition coefficient (Wildman–Crippen LogP) is 3.77. The van der Waals surface area contributed by atoms with E-state index in [1.807, 2.05) is 37.3 Å². The standard InChI is InChI=1S/C18H21NO3/c1-3-21-16-8-5-13(6-9-16)11-14-12-15(19)7-10-17(14)18(20)22-4-2/h5-6,8-11,19H,3-4,7,12H2,1-2H3. The highest BCUT2D eigenvalue weighted by Gasteiger charge is 2.20. The summed E-state index contributed by atoms with van der Waals surface area (Å²) in [6, 6.07) is 7.69. The summed E-state index contributed by atoms with van der Waals surface area (Å²) in [6.45, 7) is 4.72. The SMILES string of the molecule is CCOC(=O)C1=CCC(=N)CC1=Cc1ccc(OCC)cc1. The van der Waals surface area contributed by atoms with Gasteiger partial charge in [0.1, 0.15) is 5.75 Å². The second-order valence-electron chi connectivity index (χ2n) is 4.99. The molecule has 0 aliphatic heterocycles. The van der Waals surface area contributed by atoms with Gasteiger partial charge in [-0.2, -0.15) is 0 Å². The highest BCUT2D eigenvalue weighted by atomic mass is 16.5. The minimum absolute atomic E-state index is 0.313. The summed E-state index contributed by atoms with van der Waals surface area (Å²) < 4.78 is 10.5. The molecule has 1 N–H and O–H groups in total. The molecule has 1 aliphatic carbocycles. The summed E-state index contributed by atoms with van der Waals surface area (Å²) >= 11 is 0. The maximum Gasteiger partial charge on any atom is 0.338 e. The summed E-state index contributed by atoms with van der Waals surface area (Å²) in [6.07, 6.45) is 4.71. The molecule has 2 rings (SSSR count). The van der Waals surface area contributed by atoms with Crippen molar-refractivity contribution in [1.82, 2.24) is 0 Å². The zero-order chi connectivity index (χ0) is 15.9. The van der Waals surface area contributed by atoms with Gasteiger partial charge in [-0.1, -0.05) is 24.3 Å². The third-order valence-electron chi connectivity index (χ3n) is 3.33. The Kier molecular flexibility index (Phi) is 5.53. The van der Waals surface area contributed by atoms with Crippen molar-refractivity contribution >= 4 is 17.8 Å². The molecule has 0 bridgehead atoms. The van der Waals surface area contributed by atoms with Crippen LogP contribution in [0.25, 0.3) is 6.08 Å². The number of hydrogen-bond acceptors (Lipinski definition) is 4. The lowest BCUT2D eigenvalue weighted by molar-refractivity contribution is -0.138. The third kappa shape index (κ3) is 4.07. The van der Waals surface area contributed by atoms with Gasteiger partial charge in [-0.15, -0.1) is 0 Å². The van der Waals surface area contributed by atoms with Crippen molar-refractivity contribution < 1.29 is 14.3 Å². The molecule has 0 amide bonds. The first-order valence-corrected chi connectivity index (χ1v) is 7.51. The highest BCUT2D eigenvalue weighted by molar-refractivity contribution is 6.01. The Hall–Kier alpha value is -2.36. The number of carbonyl (C=O) groups excluding carboxylic acids is 1. The topological polar surface area (TPSA) is 59.4 Å². The molecule has 4 heteroatoms. The van der Waals surface area contributed by atoms with Gasteiger partial charge in [0.05, 0.1) is 18.8 Å². The van der Waals surface area contributed by atoms with Gasteiger partial charge in [0.2, 0.25) is 0 Å². The molecule has 0 radical (unpaired) electrons. The van der Waals surface area contributed by atoms with E-state index in [1.54, 1.807) is 13.0 Å². The molecule has 22 heavy (non-hydrogen) atoms. The van der Waals surface area contributed by atoms with Gasteiger partial charge in [-0.3, -0.25) is 0 Å². The highest BCUT2D eigenvalue weighted by Crippen LogP contribution is 2.26. The van der Waals surface area contributed by atoms with E-state index >= 15 is 0 Å². The lowest BCUT2D eigenvalue weighted by atomic mass is 9.90. The molecule has 0 heterocycles. The summed E-state index contributed by atoms with van der Waals surface area (Å²) in [4.78, 5) is 12.0.